The van der Waals surface area contributed by atoms with Gasteiger partial charge in [0.05, 0.1) is 11.5 Å². The van der Waals surface area contributed by atoms with Crippen LogP contribution in [0, 0.1) is 12.7 Å². The lowest BCUT2D eigenvalue weighted by atomic mass is 10.1. The maximum Gasteiger partial charge on any atom is 0.243 e. The van der Waals surface area contributed by atoms with Gasteiger partial charge < -0.3 is 4.74 Å². The molecule has 1 aliphatic rings. The highest BCUT2D eigenvalue weighted by Gasteiger charge is 2.28. The summed E-state index contributed by atoms with van der Waals surface area (Å²) >= 11 is 5.69. The van der Waals surface area contributed by atoms with Gasteiger partial charge in [0, 0.05) is 31.1 Å². The van der Waals surface area contributed by atoms with Gasteiger partial charge in [0.15, 0.2) is 0 Å². The molecule has 1 aromatic carbocycles. The number of ether oxygens (including phenoxy) is 1. The third-order valence-electron chi connectivity index (χ3n) is 3.31. The molecule has 0 amide bonds. The Morgan fingerprint density at radius 2 is 2.10 bits per heavy atom. The molecule has 1 fully saturated rings. The van der Waals surface area contributed by atoms with Crippen LogP contribution in [-0.2, 0) is 20.6 Å². The van der Waals surface area contributed by atoms with E-state index < -0.39 is 15.8 Å². The van der Waals surface area contributed by atoms with Crippen molar-refractivity contribution in [1.29, 1.82) is 0 Å². The lowest BCUT2D eigenvalue weighted by molar-refractivity contribution is 0.148. The molecule has 2 rings (SSSR count). The Labute approximate surface area is 123 Å². The van der Waals surface area contributed by atoms with Crippen molar-refractivity contribution in [3.05, 3.63) is 29.1 Å². The van der Waals surface area contributed by atoms with Crippen molar-refractivity contribution >= 4 is 21.6 Å². The molecule has 1 aliphatic heterocycles. The molecule has 0 aliphatic carbocycles. The number of hydrogen-bond acceptors (Lipinski definition) is 3. The Balaban J connectivity index is 2.45. The number of benzene rings is 1. The van der Waals surface area contributed by atoms with Gasteiger partial charge in [0.2, 0.25) is 10.0 Å². The Morgan fingerprint density at radius 1 is 1.35 bits per heavy atom. The standard InChI is InChI=1S/C13H17ClFNO3S/c1-10-12(15)7-11(9-14)8-13(10)20(17,18)16-3-2-5-19-6-4-16/h7-8H,2-6,9H2,1H3. The Hall–Kier alpha value is -0.690. The second kappa shape index (κ2) is 6.39. The van der Waals surface area contributed by atoms with Gasteiger partial charge in [-0.2, -0.15) is 4.31 Å². The molecule has 0 bridgehead atoms. The van der Waals surface area contributed by atoms with Gasteiger partial charge in [0.25, 0.3) is 0 Å². The predicted molar refractivity (Wildman–Crippen MR) is 74.9 cm³/mol. The molecule has 0 atom stereocenters. The molecule has 1 heterocycles. The molecule has 4 nitrogen and oxygen atoms in total. The van der Waals surface area contributed by atoms with E-state index in [-0.39, 0.29) is 22.9 Å². The van der Waals surface area contributed by atoms with Gasteiger partial charge in [0.1, 0.15) is 5.82 Å². The molecule has 0 N–H and O–H groups in total. The number of hydrogen-bond donors (Lipinski definition) is 0. The summed E-state index contributed by atoms with van der Waals surface area (Å²) in [5.41, 5.74) is 0.587. The van der Waals surface area contributed by atoms with E-state index >= 15 is 0 Å². The zero-order valence-corrected chi connectivity index (χ0v) is 12.8. The Bertz CT molecular complexity index is 584. The predicted octanol–water partition coefficient (Wildman–Crippen LogP) is 2.28. The number of sulfonamides is 1. The smallest absolute Gasteiger partial charge is 0.243 e. The summed E-state index contributed by atoms with van der Waals surface area (Å²) in [5.74, 6) is -0.476. The molecule has 7 heteroatoms. The number of rotatable bonds is 3. The zero-order valence-electron chi connectivity index (χ0n) is 11.2. The topological polar surface area (TPSA) is 46.6 Å². The monoisotopic (exact) mass is 321 g/mol. The average molecular weight is 322 g/mol. The average Bonchev–Trinajstić information content (AvgIpc) is 2.70. The summed E-state index contributed by atoms with van der Waals surface area (Å²) in [7, 11) is -3.72. The molecule has 0 spiro atoms. The quantitative estimate of drug-likeness (QED) is 0.802. The van der Waals surface area contributed by atoms with Crippen LogP contribution < -0.4 is 0 Å². The van der Waals surface area contributed by atoms with Crippen LogP contribution in [0.1, 0.15) is 17.5 Å². The molecule has 0 saturated carbocycles. The summed E-state index contributed by atoms with van der Waals surface area (Å²) in [4.78, 5) is -0.00458. The number of nitrogens with zero attached hydrogens (tertiary/aromatic N) is 1. The van der Waals surface area contributed by atoms with Crippen molar-refractivity contribution in [1.82, 2.24) is 4.31 Å². The van der Waals surface area contributed by atoms with E-state index in [0.29, 0.717) is 31.7 Å². The fourth-order valence-electron chi connectivity index (χ4n) is 2.15. The number of halogens is 2. The summed E-state index contributed by atoms with van der Waals surface area (Å²) in [6.45, 7) is 3.04. The molecular weight excluding hydrogens is 305 g/mol. The minimum Gasteiger partial charge on any atom is -0.380 e. The molecular formula is C13H17ClFNO3S. The van der Waals surface area contributed by atoms with Crippen LogP contribution in [0.2, 0.25) is 0 Å². The van der Waals surface area contributed by atoms with Crippen LogP contribution in [0.25, 0.3) is 0 Å². The van der Waals surface area contributed by atoms with Gasteiger partial charge >= 0.3 is 0 Å². The van der Waals surface area contributed by atoms with Crippen molar-refractivity contribution in [2.45, 2.75) is 24.1 Å². The summed E-state index contributed by atoms with van der Waals surface area (Å²) < 4.78 is 45.7. The summed E-state index contributed by atoms with van der Waals surface area (Å²) in [5, 5.41) is 0. The van der Waals surface area contributed by atoms with E-state index in [0.717, 1.165) is 0 Å². The van der Waals surface area contributed by atoms with Crippen LogP contribution in [-0.4, -0.2) is 39.0 Å². The lowest BCUT2D eigenvalue weighted by Gasteiger charge is -2.21. The maximum absolute atomic E-state index is 13.8. The second-order valence-electron chi connectivity index (χ2n) is 4.70. The van der Waals surface area contributed by atoms with Crippen molar-refractivity contribution in [3.63, 3.8) is 0 Å². The van der Waals surface area contributed by atoms with E-state index in [1.165, 1.54) is 23.4 Å². The van der Waals surface area contributed by atoms with Gasteiger partial charge in [-0.05, 0) is 31.0 Å². The molecule has 1 saturated heterocycles. The minimum atomic E-state index is -3.72. The van der Waals surface area contributed by atoms with Crippen LogP contribution >= 0.6 is 11.6 Å². The summed E-state index contributed by atoms with van der Waals surface area (Å²) in [6, 6.07) is 2.72. The van der Waals surface area contributed by atoms with Gasteiger partial charge in [-0.15, -0.1) is 11.6 Å². The number of alkyl halides is 1. The van der Waals surface area contributed by atoms with E-state index in [9.17, 15) is 12.8 Å². The van der Waals surface area contributed by atoms with Crippen molar-refractivity contribution in [3.8, 4) is 0 Å². The highest BCUT2D eigenvalue weighted by Crippen LogP contribution is 2.25. The second-order valence-corrected chi connectivity index (χ2v) is 6.88. The van der Waals surface area contributed by atoms with Gasteiger partial charge in [-0.3, -0.25) is 0 Å². The van der Waals surface area contributed by atoms with Crippen molar-refractivity contribution < 1.29 is 17.5 Å². The van der Waals surface area contributed by atoms with E-state index in [1.807, 2.05) is 0 Å². The third-order valence-corrected chi connectivity index (χ3v) is 5.64. The van der Waals surface area contributed by atoms with Crippen LogP contribution in [0.4, 0.5) is 4.39 Å². The first-order valence-electron chi connectivity index (χ1n) is 6.39. The first kappa shape index (κ1) is 15.7. The molecule has 0 radical (unpaired) electrons. The highest BCUT2D eigenvalue weighted by atomic mass is 35.5. The van der Waals surface area contributed by atoms with E-state index in [1.54, 1.807) is 0 Å². The van der Waals surface area contributed by atoms with Crippen molar-refractivity contribution in [2.75, 3.05) is 26.3 Å². The minimum absolute atomic E-state index is 0.00458. The Morgan fingerprint density at radius 3 is 2.80 bits per heavy atom. The maximum atomic E-state index is 13.8. The fraction of sp³-hybridized carbons (Fsp3) is 0.538. The van der Waals surface area contributed by atoms with Gasteiger partial charge in [-0.1, -0.05) is 0 Å². The first-order valence-corrected chi connectivity index (χ1v) is 8.37. The zero-order chi connectivity index (χ0) is 14.8. The molecule has 112 valence electrons. The molecule has 0 unspecified atom stereocenters. The van der Waals surface area contributed by atoms with E-state index in [4.69, 9.17) is 16.3 Å². The molecule has 1 aromatic rings. The van der Waals surface area contributed by atoms with Crippen LogP contribution in [0.15, 0.2) is 17.0 Å². The van der Waals surface area contributed by atoms with Gasteiger partial charge in [-0.25, -0.2) is 12.8 Å². The van der Waals surface area contributed by atoms with Crippen LogP contribution in [0.5, 0.6) is 0 Å². The normalized spacial score (nSPS) is 17.9. The van der Waals surface area contributed by atoms with Crippen molar-refractivity contribution in [2.24, 2.45) is 0 Å². The first-order chi connectivity index (χ1) is 9.46. The summed E-state index contributed by atoms with van der Waals surface area (Å²) in [6.07, 6.45) is 0.635. The third kappa shape index (κ3) is 3.14. The highest BCUT2D eigenvalue weighted by molar-refractivity contribution is 7.89. The van der Waals surface area contributed by atoms with Crippen LogP contribution in [0.3, 0.4) is 0 Å². The van der Waals surface area contributed by atoms with E-state index in [2.05, 4.69) is 0 Å². The largest absolute Gasteiger partial charge is 0.380 e. The SMILES string of the molecule is Cc1c(F)cc(CCl)cc1S(=O)(=O)N1CCCOCC1. The molecule has 20 heavy (non-hydrogen) atoms. The molecule has 0 aromatic heterocycles. The fourth-order valence-corrected chi connectivity index (χ4v) is 4.06. The lowest BCUT2D eigenvalue weighted by Crippen LogP contribution is -2.33. The Kier molecular flexibility index (Phi) is 5.01.